The average molecular weight is 161 g/mol. The van der Waals surface area contributed by atoms with Crippen molar-refractivity contribution in [1.82, 2.24) is 4.98 Å². The lowest BCUT2D eigenvalue weighted by Crippen LogP contribution is -1.96. The molecule has 0 aliphatic carbocycles. The monoisotopic (exact) mass is 161 g/mol. The summed E-state index contributed by atoms with van der Waals surface area (Å²) in [6, 6.07) is 3.58. The van der Waals surface area contributed by atoms with E-state index in [1.165, 1.54) is 0 Å². The predicted molar refractivity (Wildman–Crippen MR) is 49.3 cm³/mol. The Kier molecular flexibility index (Phi) is 2.67. The van der Waals surface area contributed by atoms with E-state index in [-0.39, 0.29) is 0 Å². The van der Waals surface area contributed by atoms with Crippen molar-refractivity contribution in [3.05, 3.63) is 23.4 Å². The molecular weight excluding hydrogens is 150 g/mol. The van der Waals surface area contributed by atoms with Gasteiger partial charge >= 0.3 is 0 Å². The van der Waals surface area contributed by atoms with Gasteiger partial charge < -0.3 is 11.5 Å². The maximum absolute atomic E-state index is 5.47. The summed E-state index contributed by atoms with van der Waals surface area (Å²) in [5.74, 6) is 6.19. The van der Waals surface area contributed by atoms with Crippen LogP contribution in [0.15, 0.2) is 12.1 Å². The van der Waals surface area contributed by atoms with E-state index >= 15 is 0 Å². The van der Waals surface area contributed by atoms with Gasteiger partial charge in [-0.05, 0) is 19.1 Å². The lowest BCUT2D eigenvalue weighted by atomic mass is 10.2. The molecule has 62 valence electrons. The minimum Gasteiger partial charge on any atom is -0.384 e. The van der Waals surface area contributed by atoms with Crippen LogP contribution in [0.2, 0.25) is 0 Å². The molecule has 0 spiro atoms. The van der Waals surface area contributed by atoms with Crippen molar-refractivity contribution in [2.75, 3.05) is 12.3 Å². The molecule has 0 saturated carbocycles. The van der Waals surface area contributed by atoms with Gasteiger partial charge in [-0.2, -0.15) is 0 Å². The molecule has 3 nitrogen and oxygen atoms in total. The first kappa shape index (κ1) is 8.57. The van der Waals surface area contributed by atoms with Crippen LogP contribution in [0.3, 0.4) is 0 Å². The first-order valence-corrected chi connectivity index (χ1v) is 3.66. The molecule has 0 saturated heterocycles. The van der Waals surface area contributed by atoms with Crippen LogP contribution in [0, 0.1) is 18.8 Å². The fraction of sp³-hybridized carbons (Fsp3) is 0.222. The molecule has 1 aromatic heterocycles. The highest BCUT2D eigenvalue weighted by Crippen LogP contribution is 2.05. The van der Waals surface area contributed by atoms with Crippen molar-refractivity contribution in [3.8, 4) is 11.8 Å². The van der Waals surface area contributed by atoms with Crippen LogP contribution < -0.4 is 11.5 Å². The third kappa shape index (κ3) is 1.97. The first-order valence-electron chi connectivity index (χ1n) is 3.66. The zero-order valence-corrected chi connectivity index (χ0v) is 6.96. The van der Waals surface area contributed by atoms with E-state index in [0.29, 0.717) is 12.4 Å². The van der Waals surface area contributed by atoms with Crippen LogP contribution in [-0.4, -0.2) is 11.5 Å². The molecule has 1 heterocycles. The van der Waals surface area contributed by atoms with Crippen LogP contribution >= 0.6 is 0 Å². The van der Waals surface area contributed by atoms with E-state index in [9.17, 15) is 0 Å². The Morgan fingerprint density at radius 2 is 2.25 bits per heavy atom. The first-order chi connectivity index (χ1) is 5.74. The number of hydrogen-bond donors (Lipinski definition) is 2. The van der Waals surface area contributed by atoms with Gasteiger partial charge in [-0.1, -0.05) is 11.8 Å². The summed E-state index contributed by atoms with van der Waals surface area (Å²) in [4.78, 5) is 4.06. The number of pyridine rings is 1. The molecule has 0 aromatic carbocycles. The van der Waals surface area contributed by atoms with Crippen LogP contribution in [0.4, 0.5) is 5.82 Å². The van der Waals surface area contributed by atoms with Crippen LogP contribution in [0.5, 0.6) is 0 Å². The molecule has 4 N–H and O–H groups in total. The Bertz CT molecular complexity index is 333. The zero-order valence-electron chi connectivity index (χ0n) is 6.96. The standard InChI is InChI=1S/C9H11N3/c1-7-8(3-2-6-10)4-5-9(11)12-7/h4-5H,6,10H2,1H3,(H2,11,12). The van der Waals surface area contributed by atoms with Gasteiger partial charge in [0.05, 0.1) is 12.2 Å². The Morgan fingerprint density at radius 1 is 1.50 bits per heavy atom. The molecule has 1 aromatic rings. The normalized spacial score (nSPS) is 8.83. The maximum atomic E-state index is 5.47. The number of aryl methyl sites for hydroxylation is 1. The Hall–Kier alpha value is -1.53. The van der Waals surface area contributed by atoms with Gasteiger partial charge in [0.15, 0.2) is 0 Å². The maximum Gasteiger partial charge on any atom is 0.123 e. The predicted octanol–water partition coefficient (Wildman–Crippen LogP) is 0.282. The summed E-state index contributed by atoms with van der Waals surface area (Å²) < 4.78 is 0. The highest BCUT2D eigenvalue weighted by Gasteiger charge is 1.94. The van der Waals surface area contributed by atoms with Crippen molar-refractivity contribution in [2.45, 2.75) is 6.92 Å². The summed E-state index contributed by atoms with van der Waals surface area (Å²) in [6.07, 6.45) is 0. The number of nitrogen functional groups attached to an aromatic ring is 1. The Balaban J connectivity index is 3.01. The van der Waals surface area contributed by atoms with E-state index in [4.69, 9.17) is 11.5 Å². The lowest BCUT2D eigenvalue weighted by molar-refractivity contribution is 1.19. The Morgan fingerprint density at radius 3 is 2.83 bits per heavy atom. The fourth-order valence-corrected chi connectivity index (χ4v) is 0.859. The highest BCUT2D eigenvalue weighted by molar-refractivity contribution is 5.42. The number of nitrogens with two attached hydrogens (primary N) is 2. The van der Waals surface area contributed by atoms with Crippen molar-refractivity contribution < 1.29 is 0 Å². The molecule has 0 amide bonds. The number of hydrogen-bond acceptors (Lipinski definition) is 3. The van der Waals surface area contributed by atoms with Crippen molar-refractivity contribution in [1.29, 1.82) is 0 Å². The molecule has 3 heteroatoms. The molecule has 0 aliphatic heterocycles. The molecule has 0 unspecified atom stereocenters. The van der Waals surface area contributed by atoms with E-state index in [1.54, 1.807) is 6.07 Å². The smallest absolute Gasteiger partial charge is 0.123 e. The second-order valence-corrected chi connectivity index (χ2v) is 2.37. The molecule has 12 heavy (non-hydrogen) atoms. The summed E-state index contributed by atoms with van der Waals surface area (Å²) in [5.41, 5.74) is 12.4. The van der Waals surface area contributed by atoms with Gasteiger partial charge in [-0.25, -0.2) is 4.98 Å². The van der Waals surface area contributed by atoms with Crippen LogP contribution in [0.1, 0.15) is 11.3 Å². The van der Waals surface area contributed by atoms with Crippen LogP contribution in [-0.2, 0) is 0 Å². The van der Waals surface area contributed by atoms with Gasteiger partial charge in [0, 0.05) is 5.56 Å². The van der Waals surface area contributed by atoms with Crippen LogP contribution in [0.25, 0.3) is 0 Å². The third-order valence-corrected chi connectivity index (χ3v) is 1.43. The molecule has 0 bridgehead atoms. The average Bonchev–Trinajstić information content (AvgIpc) is 2.03. The van der Waals surface area contributed by atoms with Gasteiger partial charge in [0.1, 0.15) is 5.82 Å². The van der Waals surface area contributed by atoms with Gasteiger partial charge in [0.25, 0.3) is 0 Å². The van der Waals surface area contributed by atoms with Gasteiger partial charge in [-0.15, -0.1) is 0 Å². The van der Waals surface area contributed by atoms with Crippen molar-refractivity contribution >= 4 is 5.82 Å². The van der Waals surface area contributed by atoms with E-state index < -0.39 is 0 Å². The van der Waals surface area contributed by atoms with Crippen molar-refractivity contribution in [3.63, 3.8) is 0 Å². The SMILES string of the molecule is Cc1nc(N)ccc1C#CCN. The summed E-state index contributed by atoms with van der Waals surface area (Å²) >= 11 is 0. The summed E-state index contributed by atoms with van der Waals surface area (Å²) in [7, 11) is 0. The van der Waals surface area contributed by atoms with E-state index in [0.717, 1.165) is 11.3 Å². The van der Waals surface area contributed by atoms with E-state index in [1.807, 2.05) is 13.0 Å². The zero-order chi connectivity index (χ0) is 8.97. The molecule has 0 fully saturated rings. The number of anilines is 1. The second-order valence-electron chi connectivity index (χ2n) is 2.37. The van der Waals surface area contributed by atoms with Gasteiger partial charge in [-0.3, -0.25) is 0 Å². The number of aromatic nitrogens is 1. The lowest BCUT2D eigenvalue weighted by Gasteiger charge is -1.97. The molecule has 0 atom stereocenters. The molecule has 0 aliphatic rings. The Labute approximate surface area is 71.8 Å². The highest BCUT2D eigenvalue weighted by atomic mass is 14.8. The number of nitrogens with zero attached hydrogens (tertiary/aromatic N) is 1. The largest absolute Gasteiger partial charge is 0.384 e. The third-order valence-electron chi connectivity index (χ3n) is 1.43. The minimum atomic E-state index is 0.365. The summed E-state index contributed by atoms with van der Waals surface area (Å²) in [6.45, 7) is 2.24. The summed E-state index contributed by atoms with van der Waals surface area (Å²) in [5, 5.41) is 0. The topological polar surface area (TPSA) is 64.9 Å². The molecule has 1 rings (SSSR count). The molecular formula is C9H11N3. The fourth-order valence-electron chi connectivity index (χ4n) is 0.859. The van der Waals surface area contributed by atoms with Gasteiger partial charge in [0.2, 0.25) is 0 Å². The number of rotatable bonds is 0. The van der Waals surface area contributed by atoms with Crippen molar-refractivity contribution in [2.24, 2.45) is 5.73 Å². The quantitative estimate of drug-likeness (QED) is 0.537. The molecule has 0 radical (unpaired) electrons. The second kappa shape index (κ2) is 3.74. The minimum absolute atomic E-state index is 0.365. The van der Waals surface area contributed by atoms with E-state index in [2.05, 4.69) is 16.8 Å².